The molecule has 1 fully saturated rings. The van der Waals surface area contributed by atoms with Crippen LogP contribution in [0.1, 0.15) is 23.0 Å². The topological polar surface area (TPSA) is 98.1 Å². The number of furan rings is 1. The van der Waals surface area contributed by atoms with Crippen LogP contribution in [0.5, 0.6) is 0 Å². The van der Waals surface area contributed by atoms with Crippen LogP contribution in [-0.2, 0) is 20.9 Å². The third-order valence-corrected chi connectivity index (χ3v) is 3.93. The fourth-order valence-corrected chi connectivity index (χ4v) is 2.72. The highest BCUT2D eigenvalue weighted by atomic mass is 16.6. The number of hydrogen-bond donors (Lipinski definition) is 1. The van der Waals surface area contributed by atoms with Gasteiger partial charge >= 0.3 is 12.0 Å². The number of hydrogen-bond acceptors (Lipinski definition) is 6. The highest BCUT2D eigenvalue weighted by Crippen LogP contribution is 2.27. The Hall–Kier alpha value is -2.87. The van der Waals surface area contributed by atoms with Gasteiger partial charge in [0.25, 0.3) is 5.91 Å². The van der Waals surface area contributed by atoms with Gasteiger partial charge in [-0.3, -0.25) is 9.69 Å². The molecule has 0 bridgehead atoms. The van der Waals surface area contributed by atoms with Crippen LogP contribution in [0.3, 0.4) is 0 Å². The lowest BCUT2D eigenvalue weighted by molar-refractivity contribution is -0.136. The lowest BCUT2D eigenvalue weighted by Gasteiger charge is -2.17. The van der Waals surface area contributed by atoms with Crippen molar-refractivity contribution in [2.45, 2.75) is 19.6 Å². The van der Waals surface area contributed by atoms with Crippen molar-refractivity contribution in [3.05, 3.63) is 35.6 Å². The molecule has 0 spiro atoms. The molecule has 3 amide bonds. The maximum atomic E-state index is 12.5. The standard InChI is InChI=1S/C17H18N2O6/c1-10(15(20)19-8-7-18-17(19)22)24-16(21)14-12(9-23-2)11-5-3-4-6-13(11)25-14/h3-6,10H,7-9H2,1-2H3,(H,18,22). The predicted octanol–water partition coefficient (Wildman–Crippen LogP) is 1.68. The Labute approximate surface area is 143 Å². The summed E-state index contributed by atoms with van der Waals surface area (Å²) in [4.78, 5) is 37.3. The van der Waals surface area contributed by atoms with E-state index < -0.39 is 24.0 Å². The van der Waals surface area contributed by atoms with E-state index in [0.717, 1.165) is 10.3 Å². The Balaban J connectivity index is 1.81. The molecule has 25 heavy (non-hydrogen) atoms. The summed E-state index contributed by atoms with van der Waals surface area (Å²) in [7, 11) is 1.51. The first-order chi connectivity index (χ1) is 12.0. The number of urea groups is 1. The van der Waals surface area contributed by atoms with Crippen LogP contribution < -0.4 is 5.32 Å². The highest BCUT2D eigenvalue weighted by Gasteiger charge is 2.33. The largest absolute Gasteiger partial charge is 0.449 e. The fourth-order valence-electron chi connectivity index (χ4n) is 2.72. The van der Waals surface area contributed by atoms with Gasteiger partial charge in [-0.2, -0.15) is 0 Å². The summed E-state index contributed by atoms with van der Waals surface area (Å²) < 4.78 is 15.9. The van der Waals surface area contributed by atoms with E-state index in [-0.39, 0.29) is 18.9 Å². The van der Waals surface area contributed by atoms with E-state index in [2.05, 4.69) is 5.32 Å². The van der Waals surface area contributed by atoms with E-state index in [1.54, 1.807) is 12.1 Å². The van der Waals surface area contributed by atoms with E-state index in [0.29, 0.717) is 17.7 Å². The third kappa shape index (κ3) is 3.20. The SMILES string of the molecule is COCc1c(C(=O)OC(C)C(=O)N2CCNC2=O)oc2ccccc12. The van der Waals surface area contributed by atoms with Crippen LogP contribution in [0.25, 0.3) is 11.0 Å². The number of amides is 3. The van der Waals surface area contributed by atoms with Gasteiger partial charge in [0.2, 0.25) is 5.76 Å². The number of fused-ring (bicyclic) bond motifs is 1. The summed E-state index contributed by atoms with van der Waals surface area (Å²) in [5.74, 6) is -1.36. The minimum atomic E-state index is -1.11. The second-order valence-corrected chi connectivity index (χ2v) is 5.61. The summed E-state index contributed by atoms with van der Waals surface area (Å²) in [5, 5.41) is 3.27. The first-order valence-corrected chi connectivity index (χ1v) is 7.82. The molecule has 0 saturated carbocycles. The second-order valence-electron chi connectivity index (χ2n) is 5.61. The van der Waals surface area contributed by atoms with Gasteiger partial charge in [-0.25, -0.2) is 9.59 Å². The molecule has 1 aliphatic rings. The Morgan fingerprint density at radius 2 is 2.12 bits per heavy atom. The minimum Gasteiger partial charge on any atom is -0.449 e. The first kappa shape index (κ1) is 17.0. The van der Waals surface area contributed by atoms with Gasteiger partial charge in [-0.15, -0.1) is 0 Å². The van der Waals surface area contributed by atoms with Crippen molar-refractivity contribution >= 4 is 28.9 Å². The maximum Gasteiger partial charge on any atom is 0.375 e. The minimum absolute atomic E-state index is 0.00595. The van der Waals surface area contributed by atoms with Gasteiger partial charge in [-0.05, 0) is 13.0 Å². The monoisotopic (exact) mass is 346 g/mol. The molecule has 2 heterocycles. The number of benzene rings is 1. The van der Waals surface area contributed by atoms with E-state index in [4.69, 9.17) is 13.9 Å². The Morgan fingerprint density at radius 1 is 1.36 bits per heavy atom. The maximum absolute atomic E-state index is 12.5. The smallest absolute Gasteiger partial charge is 0.375 e. The van der Waals surface area contributed by atoms with Crippen molar-refractivity contribution < 1.29 is 28.3 Å². The quantitative estimate of drug-likeness (QED) is 0.827. The van der Waals surface area contributed by atoms with Crippen LogP contribution in [0, 0.1) is 0 Å². The van der Waals surface area contributed by atoms with Gasteiger partial charge in [0.15, 0.2) is 6.10 Å². The number of methoxy groups -OCH3 is 1. The van der Waals surface area contributed by atoms with Crippen LogP contribution in [0.15, 0.2) is 28.7 Å². The van der Waals surface area contributed by atoms with E-state index in [1.807, 2.05) is 12.1 Å². The molecule has 3 rings (SSSR count). The van der Waals surface area contributed by atoms with Crippen LogP contribution in [0.2, 0.25) is 0 Å². The molecular weight excluding hydrogens is 328 g/mol. The molecule has 2 aromatic rings. The van der Waals surface area contributed by atoms with Gasteiger partial charge in [0, 0.05) is 31.1 Å². The highest BCUT2D eigenvalue weighted by molar-refractivity contribution is 6.00. The Morgan fingerprint density at radius 3 is 2.80 bits per heavy atom. The summed E-state index contributed by atoms with van der Waals surface area (Å²) in [6.07, 6.45) is -1.11. The third-order valence-electron chi connectivity index (χ3n) is 3.93. The Kier molecular flexibility index (Phi) is 4.71. The zero-order valence-electron chi connectivity index (χ0n) is 13.9. The molecule has 1 aliphatic heterocycles. The predicted molar refractivity (Wildman–Crippen MR) is 86.9 cm³/mol. The molecule has 1 saturated heterocycles. The first-order valence-electron chi connectivity index (χ1n) is 7.82. The average Bonchev–Trinajstić information content (AvgIpc) is 3.18. The van der Waals surface area contributed by atoms with Crippen molar-refractivity contribution in [2.75, 3.05) is 20.2 Å². The lowest BCUT2D eigenvalue weighted by Crippen LogP contribution is -2.41. The second kappa shape index (κ2) is 6.94. The van der Waals surface area contributed by atoms with Crippen molar-refractivity contribution in [1.82, 2.24) is 10.2 Å². The lowest BCUT2D eigenvalue weighted by atomic mass is 10.1. The number of esters is 1. The van der Waals surface area contributed by atoms with E-state index in [9.17, 15) is 14.4 Å². The van der Waals surface area contributed by atoms with E-state index >= 15 is 0 Å². The fraction of sp³-hybridized carbons (Fsp3) is 0.353. The van der Waals surface area contributed by atoms with Gasteiger partial charge in [0.1, 0.15) is 5.58 Å². The van der Waals surface area contributed by atoms with Crippen LogP contribution in [0.4, 0.5) is 4.79 Å². The number of carbonyl (C=O) groups excluding carboxylic acids is 3. The zero-order chi connectivity index (χ0) is 18.0. The molecule has 1 unspecified atom stereocenters. The van der Waals surface area contributed by atoms with Crippen LogP contribution in [-0.4, -0.2) is 49.1 Å². The van der Waals surface area contributed by atoms with Crippen molar-refractivity contribution in [3.8, 4) is 0 Å². The number of ether oxygens (including phenoxy) is 2. The number of rotatable bonds is 5. The normalized spacial score (nSPS) is 15.3. The van der Waals surface area contributed by atoms with Gasteiger partial charge < -0.3 is 19.2 Å². The summed E-state index contributed by atoms with van der Waals surface area (Å²) in [5.41, 5.74) is 1.08. The molecule has 0 aliphatic carbocycles. The molecular formula is C17H18N2O6. The molecule has 0 radical (unpaired) electrons. The van der Waals surface area contributed by atoms with Gasteiger partial charge in [0.05, 0.1) is 6.61 Å². The molecule has 8 nitrogen and oxygen atoms in total. The number of para-hydroxylation sites is 1. The number of imide groups is 1. The average molecular weight is 346 g/mol. The van der Waals surface area contributed by atoms with E-state index in [1.165, 1.54) is 14.0 Å². The summed E-state index contributed by atoms with van der Waals surface area (Å²) >= 11 is 0. The number of nitrogens with one attached hydrogen (secondary N) is 1. The zero-order valence-corrected chi connectivity index (χ0v) is 13.9. The molecule has 1 aromatic carbocycles. The number of nitrogens with zero attached hydrogens (tertiary/aromatic N) is 1. The summed E-state index contributed by atoms with van der Waals surface area (Å²) in [6, 6.07) is 6.67. The molecule has 1 aromatic heterocycles. The Bertz CT molecular complexity index is 828. The number of carbonyl (C=O) groups is 3. The van der Waals surface area contributed by atoms with Crippen LogP contribution >= 0.6 is 0 Å². The summed E-state index contributed by atoms with van der Waals surface area (Å²) in [6.45, 7) is 2.22. The molecule has 132 valence electrons. The van der Waals surface area contributed by atoms with Crippen molar-refractivity contribution in [1.29, 1.82) is 0 Å². The molecule has 8 heteroatoms. The van der Waals surface area contributed by atoms with Crippen molar-refractivity contribution in [3.63, 3.8) is 0 Å². The molecule has 1 atom stereocenters. The van der Waals surface area contributed by atoms with Crippen molar-refractivity contribution in [2.24, 2.45) is 0 Å². The van der Waals surface area contributed by atoms with Gasteiger partial charge in [-0.1, -0.05) is 18.2 Å². The molecule has 1 N–H and O–H groups in total.